The quantitative estimate of drug-likeness (QED) is 0.798. The molecule has 1 fully saturated rings. The van der Waals surface area contributed by atoms with Crippen molar-refractivity contribution in [2.75, 3.05) is 19.6 Å². The zero-order chi connectivity index (χ0) is 15.3. The minimum Gasteiger partial charge on any atom is -0.481 e. The van der Waals surface area contributed by atoms with Gasteiger partial charge < -0.3 is 19.9 Å². The maximum absolute atomic E-state index is 12.0. The molecule has 0 radical (unpaired) electrons. The molecule has 2 amide bonds. The Morgan fingerprint density at radius 3 is 2.67 bits per heavy atom. The van der Waals surface area contributed by atoms with Crippen LogP contribution in [0.5, 0.6) is 0 Å². The molecule has 1 saturated heterocycles. The van der Waals surface area contributed by atoms with Gasteiger partial charge in [-0.3, -0.25) is 4.79 Å². The molecule has 0 unspecified atom stereocenters. The fourth-order valence-electron chi connectivity index (χ4n) is 2.40. The molecule has 7 nitrogen and oxygen atoms in total. The highest BCUT2D eigenvalue weighted by Gasteiger charge is 2.37. The maximum Gasteiger partial charge on any atom is 0.317 e. The van der Waals surface area contributed by atoms with Crippen LogP contribution in [0.3, 0.4) is 0 Å². The molecular weight excluding hydrogens is 272 g/mol. The standard InChI is InChI=1S/C14H22N4O3/c1-14(12(19)20)3-8-18(9-4-14)13(21)16-5-2-7-17-10-6-15-11-17/h6,10-11H,2-5,7-9H2,1H3,(H,16,21)(H,19,20). The van der Waals surface area contributed by atoms with Gasteiger partial charge in [0.15, 0.2) is 0 Å². The number of rotatable bonds is 5. The van der Waals surface area contributed by atoms with E-state index in [1.165, 1.54) is 0 Å². The van der Waals surface area contributed by atoms with E-state index in [-0.39, 0.29) is 6.03 Å². The number of hydrogen-bond acceptors (Lipinski definition) is 3. The Labute approximate surface area is 124 Å². The second kappa shape index (κ2) is 6.60. The van der Waals surface area contributed by atoms with Gasteiger partial charge in [-0.25, -0.2) is 9.78 Å². The van der Waals surface area contributed by atoms with Crippen LogP contribution in [-0.4, -0.2) is 51.2 Å². The van der Waals surface area contributed by atoms with E-state index in [2.05, 4.69) is 10.3 Å². The third-order valence-corrected chi connectivity index (χ3v) is 4.10. The van der Waals surface area contributed by atoms with Crippen molar-refractivity contribution >= 4 is 12.0 Å². The van der Waals surface area contributed by atoms with Crippen molar-refractivity contribution in [1.82, 2.24) is 19.8 Å². The number of nitrogens with zero attached hydrogens (tertiary/aromatic N) is 3. The largest absolute Gasteiger partial charge is 0.481 e. The highest BCUT2D eigenvalue weighted by Crippen LogP contribution is 2.30. The normalized spacial score (nSPS) is 17.5. The molecule has 0 atom stereocenters. The number of imidazole rings is 1. The Hall–Kier alpha value is -2.05. The molecule has 7 heteroatoms. The molecule has 0 saturated carbocycles. The molecule has 0 aliphatic carbocycles. The van der Waals surface area contributed by atoms with Gasteiger partial charge in [0.05, 0.1) is 11.7 Å². The lowest BCUT2D eigenvalue weighted by Gasteiger charge is -2.36. The first-order valence-corrected chi connectivity index (χ1v) is 7.23. The zero-order valence-electron chi connectivity index (χ0n) is 12.3. The highest BCUT2D eigenvalue weighted by molar-refractivity contribution is 5.76. The summed E-state index contributed by atoms with van der Waals surface area (Å²) in [5.41, 5.74) is -0.696. The Bertz CT molecular complexity index is 478. The number of carboxylic acids is 1. The number of aromatic nitrogens is 2. The lowest BCUT2D eigenvalue weighted by atomic mass is 9.80. The number of aryl methyl sites for hydroxylation is 1. The fraction of sp³-hybridized carbons (Fsp3) is 0.643. The Morgan fingerprint density at radius 1 is 1.38 bits per heavy atom. The van der Waals surface area contributed by atoms with Crippen molar-refractivity contribution in [2.45, 2.75) is 32.7 Å². The summed E-state index contributed by atoms with van der Waals surface area (Å²) < 4.78 is 1.96. The minimum atomic E-state index is -0.775. The molecule has 21 heavy (non-hydrogen) atoms. The number of carbonyl (C=O) groups excluding carboxylic acids is 1. The van der Waals surface area contributed by atoms with Crippen molar-refractivity contribution < 1.29 is 14.7 Å². The van der Waals surface area contributed by atoms with Gasteiger partial charge in [0, 0.05) is 38.6 Å². The fourth-order valence-corrected chi connectivity index (χ4v) is 2.40. The van der Waals surface area contributed by atoms with Gasteiger partial charge in [-0.1, -0.05) is 0 Å². The van der Waals surface area contributed by atoms with Gasteiger partial charge in [-0.15, -0.1) is 0 Å². The van der Waals surface area contributed by atoms with E-state index in [1.807, 2.05) is 10.8 Å². The molecule has 1 aromatic rings. The predicted molar refractivity (Wildman–Crippen MR) is 76.8 cm³/mol. The van der Waals surface area contributed by atoms with E-state index in [4.69, 9.17) is 5.11 Å². The number of piperidine rings is 1. The molecule has 0 bridgehead atoms. The first kappa shape index (κ1) is 15.3. The molecule has 2 rings (SSSR count). The molecule has 1 aliphatic rings. The molecule has 1 aliphatic heterocycles. The second-order valence-electron chi connectivity index (χ2n) is 5.74. The zero-order valence-corrected chi connectivity index (χ0v) is 12.3. The topological polar surface area (TPSA) is 87.5 Å². The number of carboxylic acid groups (broad SMARTS) is 1. The van der Waals surface area contributed by atoms with Crippen LogP contribution >= 0.6 is 0 Å². The van der Waals surface area contributed by atoms with E-state index in [0.717, 1.165) is 13.0 Å². The number of carbonyl (C=O) groups is 2. The van der Waals surface area contributed by atoms with E-state index >= 15 is 0 Å². The second-order valence-corrected chi connectivity index (χ2v) is 5.74. The van der Waals surface area contributed by atoms with Gasteiger partial charge in [-0.2, -0.15) is 0 Å². The van der Waals surface area contributed by atoms with Gasteiger partial charge in [0.25, 0.3) is 0 Å². The van der Waals surface area contributed by atoms with Crippen molar-refractivity contribution in [3.63, 3.8) is 0 Å². The summed E-state index contributed by atoms with van der Waals surface area (Å²) in [5, 5.41) is 12.0. The smallest absolute Gasteiger partial charge is 0.317 e. The lowest BCUT2D eigenvalue weighted by Crippen LogP contribution is -2.48. The van der Waals surface area contributed by atoms with Crippen LogP contribution in [0.4, 0.5) is 4.79 Å². The van der Waals surface area contributed by atoms with Crippen LogP contribution in [0.25, 0.3) is 0 Å². The number of nitrogens with one attached hydrogen (secondary N) is 1. The monoisotopic (exact) mass is 294 g/mol. The number of likely N-dealkylation sites (tertiary alicyclic amines) is 1. The lowest BCUT2D eigenvalue weighted by molar-refractivity contribution is -0.150. The first-order chi connectivity index (χ1) is 10.0. The predicted octanol–water partition coefficient (Wildman–Crippen LogP) is 1.17. The van der Waals surface area contributed by atoms with Gasteiger partial charge >= 0.3 is 12.0 Å². The summed E-state index contributed by atoms with van der Waals surface area (Å²) >= 11 is 0. The SMILES string of the molecule is CC1(C(=O)O)CCN(C(=O)NCCCn2ccnc2)CC1. The maximum atomic E-state index is 12.0. The molecule has 1 aromatic heterocycles. The van der Waals surface area contributed by atoms with Crippen molar-refractivity contribution in [3.05, 3.63) is 18.7 Å². The number of hydrogen-bond donors (Lipinski definition) is 2. The molecule has 2 N–H and O–H groups in total. The van der Waals surface area contributed by atoms with Gasteiger partial charge in [0.1, 0.15) is 0 Å². The molecule has 0 spiro atoms. The van der Waals surface area contributed by atoms with Gasteiger partial charge in [0.2, 0.25) is 0 Å². The van der Waals surface area contributed by atoms with Crippen LogP contribution < -0.4 is 5.32 Å². The van der Waals surface area contributed by atoms with Crippen LogP contribution in [0, 0.1) is 5.41 Å². The number of urea groups is 1. The van der Waals surface area contributed by atoms with Crippen LogP contribution in [0.15, 0.2) is 18.7 Å². The Kier molecular flexibility index (Phi) is 4.82. The summed E-state index contributed by atoms with van der Waals surface area (Å²) in [6, 6.07) is -0.104. The molecular formula is C14H22N4O3. The number of aliphatic carboxylic acids is 1. The average molecular weight is 294 g/mol. The average Bonchev–Trinajstić information content (AvgIpc) is 2.97. The van der Waals surface area contributed by atoms with Crippen LogP contribution in [0.2, 0.25) is 0 Å². The molecule has 116 valence electrons. The summed E-state index contributed by atoms with van der Waals surface area (Å²) in [6.07, 6.45) is 7.21. The third kappa shape index (κ3) is 3.96. The van der Waals surface area contributed by atoms with Crippen molar-refractivity contribution in [3.8, 4) is 0 Å². The molecule has 0 aromatic carbocycles. The Balaban J connectivity index is 1.67. The van der Waals surface area contributed by atoms with Crippen LogP contribution in [-0.2, 0) is 11.3 Å². The van der Waals surface area contributed by atoms with Crippen LogP contribution in [0.1, 0.15) is 26.2 Å². The first-order valence-electron chi connectivity index (χ1n) is 7.23. The summed E-state index contributed by atoms with van der Waals surface area (Å²) in [6.45, 7) is 4.16. The summed E-state index contributed by atoms with van der Waals surface area (Å²) in [7, 11) is 0. The van der Waals surface area contributed by atoms with Crippen molar-refractivity contribution in [1.29, 1.82) is 0 Å². The van der Waals surface area contributed by atoms with Gasteiger partial charge in [-0.05, 0) is 26.2 Å². The van der Waals surface area contributed by atoms with E-state index < -0.39 is 11.4 Å². The highest BCUT2D eigenvalue weighted by atomic mass is 16.4. The number of amides is 2. The van der Waals surface area contributed by atoms with E-state index in [0.29, 0.717) is 32.5 Å². The van der Waals surface area contributed by atoms with E-state index in [1.54, 1.807) is 24.3 Å². The summed E-state index contributed by atoms with van der Waals surface area (Å²) in [5.74, 6) is -0.775. The van der Waals surface area contributed by atoms with Crippen molar-refractivity contribution in [2.24, 2.45) is 5.41 Å². The molecule has 2 heterocycles. The third-order valence-electron chi connectivity index (χ3n) is 4.10. The van der Waals surface area contributed by atoms with E-state index in [9.17, 15) is 9.59 Å². The minimum absolute atomic E-state index is 0.104. The Morgan fingerprint density at radius 2 is 2.10 bits per heavy atom. The summed E-state index contributed by atoms with van der Waals surface area (Å²) in [4.78, 5) is 28.8.